The van der Waals surface area contributed by atoms with Crippen molar-refractivity contribution >= 4 is 155 Å². The number of carbonyl (C=O) groups is 20. The van der Waals surface area contributed by atoms with Crippen LogP contribution in [-0.4, -0.2) is 338 Å². The number of aliphatic carboxylic acids is 2. The molecule has 0 aromatic rings. The van der Waals surface area contributed by atoms with Crippen molar-refractivity contribution in [2.45, 2.75) is 314 Å². The fourth-order valence-corrected chi connectivity index (χ4v) is 15.7. The lowest BCUT2D eigenvalue weighted by Gasteiger charge is -2.34. The summed E-state index contributed by atoms with van der Waals surface area (Å²) in [6.07, 6.45) is -2.43. The van der Waals surface area contributed by atoms with Crippen LogP contribution in [0.5, 0.6) is 0 Å². The maximum Gasteiger partial charge on any atom is 0.325 e. The molecule has 20 atom stereocenters. The zero-order chi connectivity index (χ0) is 104. The van der Waals surface area contributed by atoms with Crippen LogP contribution in [0.4, 0.5) is 0 Å². The minimum absolute atomic E-state index is 0.0201. The van der Waals surface area contributed by atoms with Gasteiger partial charge in [0.15, 0.2) is 11.9 Å². The van der Waals surface area contributed by atoms with Gasteiger partial charge in [-0.3, -0.25) is 107 Å². The summed E-state index contributed by atoms with van der Waals surface area (Å²) in [4.78, 5) is 279. The van der Waals surface area contributed by atoms with Gasteiger partial charge < -0.3 is 148 Å². The number of nitrogens with zero attached hydrogens (tertiary/aromatic N) is 2. The van der Waals surface area contributed by atoms with E-state index in [9.17, 15) is 121 Å². The molecule has 0 aromatic carbocycles. The predicted molar refractivity (Wildman–Crippen MR) is 503 cm³/mol. The van der Waals surface area contributed by atoms with Crippen molar-refractivity contribution in [2.75, 3.05) is 57.4 Å². The zero-order valence-electron chi connectivity index (χ0n) is 79.9. The second kappa shape index (κ2) is 60.3. The van der Waals surface area contributed by atoms with Gasteiger partial charge >= 0.3 is 11.9 Å². The van der Waals surface area contributed by atoms with Crippen LogP contribution < -0.4 is 113 Å². The standard InChI is InChI=1S/C85H147N25O25S2/c1-13-44(10)64(107-80(131)65(46(12)113)108-79(130)61-23-17-29-109(61)81(132)57(37-112)104-77(128)59(39-137)105-66(117)47-19-14-26-91-47)82(133)110-30-18-22-60(110)78(129)102-54(34-43(8)9)71(122)97-50(24-25-62(86)114)69(120)101-55(35-63(115)116)74(125)106-58(38-136)76(127)100-53(33-42(6)7)73(124)103-56(36-111)75(126)99-52(32-41(4)5)72(123)98-51(31-40(2)3)70(121)96-49(21-16-28-93-85(89)90)68(119)95-48(20-15-27-92-84(87)88)67(118)94-45(11)83(134)135/h40-61,64-65,91,111-113,136-137H,13-39H2,1-12H3,(H2,86,114)(H,94,118)(H,95,119)(H,96,121)(H,97,122)(H,98,123)(H,99,126)(H,100,127)(H,101,120)(H,102,129)(H,103,124)(H,104,128)(H,105,117)(H,106,125)(H,107,131)(H,108,130)(H,115,116)(H,134,135)(H4,87,88,92)(H4,89,90,93)/t44-,45-,46+,47-,48-,49-,50-,51-,52-,53-,54-,55-,56-,57-,58-,59-,60-,61-,64-,65-/m0/s1. The molecule has 52 heteroatoms. The first-order valence-electron chi connectivity index (χ1n) is 46.2. The van der Waals surface area contributed by atoms with E-state index in [0.29, 0.717) is 13.0 Å². The molecule has 3 saturated heterocycles. The molecule has 0 unspecified atom stereocenters. The molecule has 3 rings (SSSR count). The van der Waals surface area contributed by atoms with Crippen molar-refractivity contribution in [3.8, 4) is 0 Å². The number of primary amides is 1. The molecule has 31 N–H and O–H groups in total. The molecule has 3 aliphatic heterocycles. The van der Waals surface area contributed by atoms with Crippen LogP contribution in [0.3, 0.4) is 0 Å². The Morgan fingerprint density at radius 3 is 1.14 bits per heavy atom. The van der Waals surface area contributed by atoms with Crippen LogP contribution in [0.1, 0.15) is 199 Å². The van der Waals surface area contributed by atoms with Gasteiger partial charge in [-0.2, -0.15) is 25.3 Å². The molecular weight excluding hydrogens is 1840 g/mol. The molecular formula is C85H147N25O25S2. The smallest absolute Gasteiger partial charge is 0.325 e. The molecule has 0 saturated carbocycles. The van der Waals surface area contributed by atoms with Crippen LogP contribution in [0.2, 0.25) is 0 Å². The number of hydrogen-bond acceptors (Lipinski definition) is 28. The number of thiol groups is 2. The van der Waals surface area contributed by atoms with Gasteiger partial charge in [0, 0.05) is 44.1 Å². The zero-order valence-corrected chi connectivity index (χ0v) is 81.7. The minimum Gasteiger partial charge on any atom is -0.481 e. The number of likely N-dealkylation sites (tertiary alicyclic amines) is 2. The molecule has 18 amide bonds. The maximum atomic E-state index is 14.9. The van der Waals surface area contributed by atoms with Crippen LogP contribution in [0.25, 0.3) is 0 Å². The molecule has 774 valence electrons. The third-order valence-corrected chi connectivity index (χ3v) is 23.5. The van der Waals surface area contributed by atoms with Gasteiger partial charge in [-0.05, 0) is 146 Å². The lowest BCUT2D eigenvalue weighted by Crippen LogP contribution is -2.62. The summed E-state index contributed by atoms with van der Waals surface area (Å²) >= 11 is 8.42. The number of nitrogens with one attached hydrogen (secondary N) is 20. The summed E-state index contributed by atoms with van der Waals surface area (Å²) < 4.78 is 0. The monoisotopic (exact) mass is 1980 g/mol. The third-order valence-electron chi connectivity index (χ3n) is 22.8. The van der Waals surface area contributed by atoms with Crippen molar-refractivity contribution in [1.29, 1.82) is 10.8 Å². The van der Waals surface area contributed by atoms with Crippen LogP contribution >= 0.6 is 25.3 Å². The number of aliphatic hydroxyl groups is 3. The van der Waals surface area contributed by atoms with Gasteiger partial charge in [0.25, 0.3) is 0 Å². The first-order valence-corrected chi connectivity index (χ1v) is 47.5. The Labute approximate surface area is 807 Å². The molecule has 137 heavy (non-hydrogen) atoms. The SMILES string of the molecule is CC[C@H](C)[C@H](NC(=O)[C@@H](NC(=O)[C@@H]1CCCN1C(=O)[C@H](CO)NC(=O)[C@H](CS)NC(=O)[C@@H]1CCCN1)[C@@H](C)O)C(=O)N1CCC[C@H]1C(=O)N[C@@H](CC(C)C)C(=O)N[C@@H](CCC(N)=O)C(=O)N[C@@H](CC(=O)O)C(=O)N[C@@H](CS)C(=O)N[C@@H](CC(C)C)C(=O)N[C@@H](CO)C(=O)N[C@@H](CC(C)C)C(=O)N[C@@H](CC(C)C)C(=O)N[C@@H](CCCNC(=N)N)C(=O)N[C@@H](CCCNC(=N)N)C(=O)N[C@@H](C)C(=O)O. The number of nitrogens with two attached hydrogens (primary N) is 3. The van der Waals surface area contributed by atoms with Crippen molar-refractivity contribution in [1.82, 2.24) is 106 Å². The molecule has 3 aliphatic rings. The first-order chi connectivity index (χ1) is 64.3. The van der Waals surface area contributed by atoms with Crippen LogP contribution in [0.15, 0.2) is 0 Å². The Hall–Kier alpha value is -11.5. The highest BCUT2D eigenvalue weighted by molar-refractivity contribution is 7.80. The summed E-state index contributed by atoms with van der Waals surface area (Å²) in [6.45, 7) is 17.8. The van der Waals surface area contributed by atoms with Crippen molar-refractivity contribution in [3.05, 3.63) is 0 Å². The summed E-state index contributed by atoms with van der Waals surface area (Å²) in [6, 6.07) is -26.9. The highest BCUT2D eigenvalue weighted by atomic mass is 32.1. The Morgan fingerprint density at radius 2 is 0.752 bits per heavy atom. The normalized spacial score (nSPS) is 18.4. The van der Waals surface area contributed by atoms with E-state index < -0.39 is 295 Å². The number of carboxylic acids is 2. The molecule has 3 fully saturated rings. The predicted octanol–water partition coefficient (Wildman–Crippen LogP) is -8.18. The molecule has 0 aliphatic carbocycles. The van der Waals surface area contributed by atoms with E-state index in [1.807, 2.05) is 0 Å². The van der Waals surface area contributed by atoms with E-state index in [1.54, 1.807) is 69.2 Å². The summed E-state index contributed by atoms with van der Waals surface area (Å²) in [5.74, 6) is -24.2. The van der Waals surface area contributed by atoms with Gasteiger partial charge in [0.1, 0.15) is 103 Å². The maximum absolute atomic E-state index is 14.9. The second-order valence-corrected chi connectivity index (χ2v) is 37.0. The van der Waals surface area contributed by atoms with Gasteiger partial charge in [0.05, 0.1) is 31.8 Å². The molecule has 0 aromatic heterocycles. The number of hydrogen-bond donors (Lipinski definition) is 30. The van der Waals surface area contributed by atoms with E-state index in [1.165, 1.54) is 18.7 Å². The Kier molecular flexibility index (Phi) is 52.6. The summed E-state index contributed by atoms with van der Waals surface area (Å²) in [5.41, 5.74) is 16.4. The highest BCUT2D eigenvalue weighted by Crippen LogP contribution is 2.25. The quantitative estimate of drug-likeness (QED) is 0.0116. The average molecular weight is 1980 g/mol. The Bertz CT molecular complexity index is 4170. The number of carbonyl (C=O) groups excluding carboxylic acids is 18. The number of carboxylic acid groups (broad SMARTS) is 2. The van der Waals surface area contributed by atoms with Gasteiger partial charge in [-0.15, -0.1) is 0 Å². The molecule has 0 radical (unpaired) electrons. The molecule has 0 spiro atoms. The fourth-order valence-electron chi connectivity index (χ4n) is 15.2. The third kappa shape index (κ3) is 41.4. The lowest BCUT2D eigenvalue weighted by atomic mass is 9.96. The number of rotatable bonds is 61. The molecule has 3 heterocycles. The average Bonchev–Trinajstić information content (AvgIpc) is 1.69. The van der Waals surface area contributed by atoms with E-state index in [0.717, 1.165) is 11.3 Å². The van der Waals surface area contributed by atoms with Crippen molar-refractivity contribution in [3.63, 3.8) is 0 Å². The number of guanidine groups is 2. The Morgan fingerprint density at radius 1 is 0.401 bits per heavy atom. The van der Waals surface area contributed by atoms with E-state index in [2.05, 4.69) is 121 Å². The summed E-state index contributed by atoms with van der Waals surface area (Å²) in [7, 11) is 0. The number of amides is 18. The first kappa shape index (κ1) is 120. The van der Waals surface area contributed by atoms with Crippen molar-refractivity contribution in [2.24, 2.45) is 46.8 Å². The summed E-state index contributed by atoms with van der Waals surface area (Å²) in [5, 5.41) is 112. The fraction of sp³-hybridized carbons (Fsp3) is 0.741. The largest absolute Gasteiger partial charge is 0.481 e. The van der Waals surface area contributed by atoms with Crippen LogP contribution in [0, 0.1) is 40.4 Å². The van der Waals surface area contributed by atoms with Crippen molar-refractivity contribution < 1.29 is 121 Å². The van der Waals surface area contributed by atoms with E-state index in [4.69, 9.17) is 28.0 Å². The van der Waals surface area contributed by atoms with Crippen LogP contribution in [-0.2, 0) is 95.9 Å². The van der Waals surface area contributed by atoms with Gasteiger partial charge in [-0.1, -0.05) is 75.7 Å². The molecule has 0 bridgehead atoms. The Balaban J connectivity index is 1.85. The molecule has 50 nitrogen and oxygen atoms in total. The second-order valence-electron chi connectivity index (χ2n) is 36.2. The van der Waals surface area contributed by atoms with Gasteiger partial charge in [-0.25, -0.2) is 0 Å². The highest BCUT2D eigenvalue weighted by Gasteiger charge is 2.46. The van der Waals surface area contributed by atoms with E-state index >= 15 is 0 Å². The lowest BCUT2D eigenvalue weighted by molar-refractivity contribution is -0.145. The topological polar surface area (TPSA) is 791 Å². The number of aliphatic hydroxyl groups excluding tert-OH is 3. The minimum atomic E-state index is -2.09. The van der Waals surface area contributed by atoms with E-state index in [-0.39, 0.29) is 133 Å². The van der Waals surface area contributed by atoms with Gasteiger partial charge in [0.2, 0.25) is 106 Å².